The largest absolute Gasteiger partial charge is 0.507 e. The van der Waals surface area contributed by atoms with Crippen LogP contribution in [0.2, 0.25) is 0 Å². The maximum absolute atomic E-state index is 10.9. The summed E-state index contributed by atoms with van der Waals surface area (Å²) < 4.78 is 4.42. The molecule has 0 saturated heterocycles. The number of phenolic OH excluding ortho intramolecular Hbond substituents is 1. The molecule has 1 aromatic carbocycles. The number of methoxy groups -OCH3 is 1. The summed E-state index contributed by atoms with van der Waals surface area (Å²) in [6, 6.07) is 6.24. The Morgan fingerprint density at radius 2 is 2.09 bits per heavy atom. The first-order chi connectivity index (χ1) is 5.25. The van der Waals surface area contributed by atoms with E-state index in [1.165, 1.54) is 19.2 Å². The number of esters is 1. The molecule has 0 aliphatic heterocycles. The Morgan fingerprint density at radius 1 is 1.45 bits per heavy atom. The number of hydrogen-bond acceptors (Lipinski definition) is 3. The van der Waals surface area contributed by atoms with E-state index in [-0.39, 0.29) is 11.3 Å². The molecule has 0 aromatic heterocycles. The van der Waals surface area contributed by atoms with E-state index in [1.807, 2.05) is 0 Å². The number of hydrogen-bond donors (Lipinski definition) is 1. The van der Waals surface area contributed by atoms with Crippen molar-refractivity contribution in [1.82, 2.24) is 0 Å². The van der Waals surface area contributed by atoms with Gasteiger partial charge in [0.1, 0.15) is 11.3 Å². The van der Waals surface area contributed by atoms with E-state index in [0.29, 0.717) is 0 Å². The minimum Gasteiger partial charge on any atom is -0.507 e. The Kier molecular flexibility index (Phi) is 2.11. The fraction of sp³-hybridized carbons (Fsp3) is 0.125. The molecule has 0 spiro atoms. The molecule has 1 rings (SSSR count). The second-order valence-electron chi connectivity index (χ2n) is 2.01. The molecule has 0 radical (unpaired) electrons. The van der Waals surface area contributed by atoms with E-state index >= 15 is 0 Å². The number of carbonyl (C=O) groups is 1. The predicted octanol–water partition coefficient (Wildman–Crippen LogP) is 1.18. The highest BCUT2D eigenvalue weighted by atomic mass is 16.5. The van der Waals surface area contributed by atoms with Gasteiger partial charge >= 0.3 is 5.97 Å². The average molecular weight is 158 g/mol. The number of phenols is 1. The third kappa shape index (κ3) is 1.49. The molecule has 0 heterocycles. The Morgan fingerprint density at radius 3 is 2.64 bits per heavy atom. The van der Waals surface area contributed by atoms with Gasteiger partial charge in [-0.05, 0) is 12.1 Å². The van der Waals surface area contributed by atoms with Gasteiger partial charge in [0.25, 0.3) is 0 Å². The molecule has 11 heavy (non-hydrogen) atoms. The monoisotopic (exact) mass is 158 g/mol. The first kappa shape index (κ1) is 7.60. The van der Waals surface area contributed by atoms with Crippen molar-refractivity contribution in [3.63, 3.8) is 0 Å². The third-order valence-corrected chi connectivity index (χ3v) is 1.31. The van der Waals surface area contributed by atoms with Gasteiger partial charge in [0.05, 0.1) is 7.11 Å². The molecule has 0 aliphatic carbocycles. The molecular weight excluding hydrogens is 150 g/mol. The van der Waals surface area contributed by atoms with Gasteiger partial charge in [0, 0.05) is 0 Å². The van der Waals surface area contributed by atoms with Crippen molar-refractivity contribution < 1.29 is 14.6 Å². The lowest BCUT2D eigenvalue weighted by atomic mass is 10.9. The van der Waals surface area contributed by atoms with Gasteiger partial charge in [-0.3, -0.25) is 0 Å². The molecule has 0 atom stereocenters. The van der Waals surface area contributed by atoms with Gasteiger partial charge in [-0.2, -0.15) is 0 Å². The van der Waals surface area contributed by atoms with Gasteiger partial charge in [0.15, 0.2) is 0 Å². The number of rotatable bonds is 1. The standard InChI is InChI=1S/C8H8O3/c1-11-8(10)6-4-2-3-5-7(6)9/h2-5,9H,1H3/i2+1,3+1,4+1,5+1,6+1,7+1. The van der Waals surface area contributed by atoms with Crippen molar-refractivity contribution >= 4 is 5.97 Å². The van der Waals surface area contributed by atoms with Crippen molar-refractivity contribution in [2.75, 3.05) is 7.11 Å². The zero-order valence-corrected chi connectivity index (χ0v) is 6.07. The van der Waals surface area contributed by atoms with Gasteiger partial charge in [-0.1, -0.05) is 12.1 Å². The van der Waals surface area contributed by atoms with Crippen LogP contribution in [0.3, 0.4) is 0 Å². The van der Waals surface area contributed by atoms with E-state index in [0.717, 1.165) is 0 Å². The van der Waals surface area contributed by atoms with E-state index in [1.54, 1.807) is 12.1 Å². The van der Waals surface area contributed by atoms with Gasteiger partial charge < -0.3 is 9.84 Å². The smallest absolute Gasteiger partial charge is 0.341 e. The lowest BCUT2D eigenvalue weighted by Crippen LogP contribution is -2.00. The van der Waals surface area contributed by atoms with Crippen molar-refractivity contribution in [2.24, 2.45) is 0 Å². The minimum atomic E-state index is -0.525. The summed E-state index contributed by atoms with van der Waals surface area (Å²) in [5.41, 5.74) is 0.190. The van der Waals surface area contributed by atoms with Crippen LogP contribution in [-0.2, 0) is 4.74 Å². The average Bonchev–Trinajstić information content (AvgIpc) is 2.04. The summed E-state index contributed by atoms with van der Waals surface area (Å²) in [4.78, 5) is 10.9. The molecule has 0 saturated carbocycles. The lowest BCUT2D eigenvalue weighted by Gasteiger charge is -1.99. The molecule has 0 unspecified atom stereocenters. The summed E-state index contributed by atoms with van der Waals surface area (Å²) in [5.74, 6) is -0.581. The number of aromatic hydroxyl groups is 1. The van der Waals surface area contributed by atoms with Gasteiger partial charge in [-0.25, -0.2) is 4.79 Å². The quantitative estimate of drug-likeness (QED) is 0.624. The molecule has 3 nitrogen and oxygen atoms in total. The number of ether oxygens (including phenoxy) is 1. The molecule has 1 aromatic rings. The number of carbonyl (C=O) groups excluding carboxylic acids is 1. The van der Waals surface area contributed by atoms with Crippen LogP contribution >= 0.6 is 0 Å². The van der Waals surface area contributed by atoms with Crippen LogP contribution in [0.15, 0.2) is 24.3 Å². The van der Waals surface area contributed by atoms with Crippen LogP contribution in [0.4, 0.5) is 0 Å². The number of benzene rings is 1. The fourth-order valence-corrected chi connectivity index (χ4v) is 0.756. The first-order valence-electron chi connectivity index (χ1n) is 3.12. The summed E-state index contributed by atoms with van der Waals surface area (Å²) in [5, 5.41) is 9.11. The van der Waals surface area contributed by atoms with Crippen LogP contribution in [0.1, 0.15) is 10.4 Å². The van der Waals surface area contributed by atoms with E-state index in [4.69, 9.17) is 5.11 Å². The maximum atomic E-state index is 10.9. The summed E-state index contributed by atoms with van der Waals surface area (Å²) in [6.07, 6.45) is 0. The molecule has 58 valence electrons. The molecule has 3 heteroatoms. The highest BCUT2D eigenvalue weighted by Crippen LogP contribution is 2.15. The van der Waals surface area contributed by atoms with Crippen LogP contribution in [0.5, 0.6) is 5.75 Å². The predicted molar refractivity (Wildman–Crippen MR) is 39.4 cm³/mol. The van der Waals surface area contributed by atoms with Crippen molar-refractivity contribution in [3.05, 3.63) is 29.8 Å². The zero-order chi connectivity index (χ0) is 8.27. The highest BCUT2D eigenvalue weighted by Gasteiger charge is 2.08. The zero-order valence-electron chi connectivity index (χ0n) is 6.07. The SMILES string of the molecule is COC(=O)[13c]1[13cH][13cH][13cH][13cH][13c]1O. The van der Waals surface area contributed by atoms with Crippen molar-refractivity contribution in [3.8, 4) is 5.75 Å². The normalized spacial score (nSPS) is 9.18. The Balaban J connectivity index is 3.03. The van der Waals surface area contributed by atoms with Crippen LogP contribution in [-0.4, -0.2) is 18.2 Å². The van der Waals surface area contributed by atoms with Crippen LogP contribution in [0.25, 0.3) is 0 Å². The minimum absolute atomic E-state index is 0.0562. The van der Waals surface area contributed by atoms with Gasteiger partial charge in [0.2, 0.25) is 0 Å². The Hall–Kier alpha value is -1.51. The maximum Gasteiger partial charge on any atom is 0.341 e. The number of para-hydroxylation sites is 1. The second-order valence-corrected chi connectivity index (χ2v) is 2.01. The Bertz CT molecular complexity index is 268. The summed E-state index contributed by atoms with van der Waals surface area (Å²) >= 11 is 0. The summed E-state index contributed by atoms with van der Waals surface area (Å²) in [6.45, 7) is 0. The Labute approximate surface area is 64.2 Å². The van der Waals surface area contributed by atoms with Crippen LogP contribution in [0, 0.1) is 0 Å². The van der Waals surface area contributed by atoms with Crippen molar-refractivity contribution in [1.29, 1.82) is 0 Å². The fourth-order valence-electron chi connectivity index (χ4n) is 0.756. The van der Waals surface area contributed by atoms with Crippen molar-refractivity contribution in [2.45, 2.75) is 0 Å². The first-order valence-corrected chi connectivity index (χ1v) is 3.12. The van der Waals surface area contributed by atoms with E-state index in [2.05, 4.69) is 4.74 Å². The van der Waals surface area contributed by atoms with Crippen LogP contribution < -0.4 is 0 Å². The highest BCUT2D eigenvalue weighted by molar-refractivity contribution is 5.92. The van der Waals surface area contributed by atoms with E-state index in [9.17, 15) is 4.79 Å². The molecule has 0 fully saturated rings. The molecule has 0 bridgehead atoms. The topological polar surface area (TPSA) is 46.5 Å². The van der Waals surface area contributed by atoms with E-state index < -0.39 is 5.97 Å². The lowest BCUT2D eigenvalue weighted by molar-refractivity contribution is 0.0597. The van der Waals surface area contributed by atoms with Gasteiger partial charge in [-0.15, -0.1) is 0 Å². The summed E-state index contributed by atoms with van der Waals surface area (Å²) in [7, 11) is 1.27. The molecule has 0 amide bonds. The third-order valence-electron chi connectivity index (χ3n) is 1.31. The molecular formula is C8H8O3. The molecule has 0 aliphatic rings. The second kappa shape index (κ2) is 3.05. The molecule has 1 N–H and O–H groups in total.